The van der Waals surface area contributed by atoms with Crippen molar-refractivity contribution < 1.29 is 14.3 Å². The lowest BCUT2D eigenvalue weighted by atomic mass is 10.0. The molecule has 0 spiro atoms. The second kappa shape index (κ2) is 6.70. The summed E-state index contributed by atoms with van der Waals surface area (Å²) < 4.78 is 10.7. The molecule has 1 aliphatic heterocycles. The van der Waals surface area contributed by atoms with Crippen LogP contribution in [0, 0.1) is 0 Å². The quantitative estimate of drug-likeness (QED) is 0.772. The molecule has 1 aliphatic rings. The molecule has 0 aliphatic carbocycles. The van der Waals surface area contributed by atoms with E-state index in [4.69, 9.17) is 9.47 Å². The van der Waals surface area contributed by atoms with Crippen LogP contribution in [0.2, 0.25) is 0 Å². The van der Waals surface area contributed by atoms with E-state index in [-0.39, 0.29) is 0 Å². The number of benzene rings is 1. The summed E-state index contributed by atoms with van der Waals surface area (Å²) >= 11 is 0. The lowest BCUT2D eigenvalue weighted by Crippen LogP contribution is -1.93. The molecule has 2 rings (SSSR count). The van der Waals surface area contributed by atoms with Gasteiger partial charge < -0.3 is 9.47 Å². The number of ether oxygens (including phenoxy) is 2. The van der Waals surface area contributed by atoms with Gasteiger partial charge in [0.05, 0.1) is 25.5 Å². The van der Waals surface area contributed by atoms with Gasteiger partial charge in [0.1, 0.15) is 11.5 Å². The largest absolute Gasteiger partial charge is 0.496 e. The normalized spacial score (nSPS) is 14.1. The van der Waals surface area contributed by atoms with E-state index >= 15 is 0 Å². The first-order valence-corrected chi connectivity index (χ1v) is 6.47. The number of rotatable bonds is 5. The number of aliphatic imine (C=N–C) groups is 1. The summed E-state index contributed by atoms with van der Waals surface area (Å²) in [5, 5.41) is 0. The predicted molar refractivity (Wildman–Crippen MR) is 79.2 cm³/mol. The number of hydrogen-bond donors (Lipinski definition) is 0. The highest BCUT2D eigenvalue weighted by atomic mass is 16.5. The molecule has 0 amide bonds. The maximum atomic E-state index is 10.9. The Bertz CT molecular complexity index is 585. The Balaban J connectivity index is 2.27. The summed E-state index contributed by atoms with van der Waals surface area (Å²) in [4.78, 5) is 15.1. The molecule has 1 heterocycles. The van der Waals surface area contributed by atoms with Gasteiger partial charge in [0.15, 0.2) is 6.29 Å². The highest BCUT2D eigenvalue weighted by molar-refractivity contribution is 5.83. The Morgan fingerprint density at radius 1 is 1.40 bits per heavy atom. The summed E-state index contributed by atoms with van der Waals surface area (Å²) in [7, 11) is 1.55. The molecule has 20 heavy (non-hydrogen) atoms. The second-order valence-corrected chi connectivity index (χ2v) is 4.25. The van der Waals surface area contributed by atoms with Gasteiger partial charge in [0.2, 0.25) is 0 Å². The summed E-state index contributed by atoms with van der Waals surface area (Å²) in [5.41, 5.74) is 2.57. The lowest BCUT2D eigenvalue weighted by Gasteiger charge is -2.08. The smallest absolute Gasteiger partial charge is 0.153 e. The molecule has 0 fully saturated rings. The van der Waals surface area contributed by atoms with E-state index in [1.54, 1.807) is 25.6 Å². The molecule has 0 unspecified atom stereocenters. The molecule has 4 nitrogen and oxygen atoms in total. The maximum absolute atomic E-state index is 10.9. The van der Waals surface area contributed by atoms with E-state index < -0.39 is 0 Å². The number of aldehydes is 1. The van der Waals surface area contributed by atoms with Crippen molar-refractivity contribution in [2.24, 2.45) is 4.99 Å². The van der Waals surface area contributed by atoms with Crippen molar-refractivity contribution in [3.63, 3.8) is 0 Å². The number of carbonyl (C=O) groups is 1. The van der Waals surface area contributed by atoms with Crippen molar-refractivity contribution in [3.05, 3.63) is 47.4 Å². The number of allylic oxidation sites excluding steroid dienone is 3. The van der Waals surface area contributed by atoms with Crippen LogP contribution >= 0.6 is 0 Å². The lowest BCUT2D eigenvalue weighted by molar-refractivity contribution is 0.112. The van der Waals surface area contributed by atoms with Crippen LogP contribution < -0.4 is 4.74 Å². The number of nitrogens with zero attached hydrogens (tertiary/aromatic N) is 1. The molecule has 0 radical (unpaired) electrons. The van der Waals surface area contributed by atoms with Gasteiger partial charge >= 0.3 is 0 Å². The molecule has 1 aromatic rings. The van der Waals surface area contributed by atoms with E-state index in [1.165, 1.54) is 0 Å². The molecule has 0 saturated carbocycles. The second-order valence-electron chi connectivity index (χ2n) is 4.25. The first-order chi connectivity index (χ1) is 9.78. The average Bonchev–Trinajstić information content (AvgIpc) is 2.72. The van der Waals surface area contributed by atoms with Crippen LogP contribution in [0.5, 0.6) is 5.75 Å². The summed E-state index contributed by atoms with van der Waals surface area (Å²) in [6.45, 7) is 2.56. The third-order valence-electron chi connectivity index (χ3n) is 3.00. The van der Waals surface area contributed by atoms with E-state index in [2.05, 4.69) is 4.99 Å². The van der Waals surface area contributed by atoms with Gasteiger partial charge in [-0.15, -0.1) is 0 Å². The monoisotopic (exact) mass is 271 g/mol. The molecule has 104 valence electrons. The molecule has 0 saturated heterocycles. The zero-order chi connectivity index (χ0) is 14.4. The number of carbonyl (C=O) groups excluding carboxylic acids is 1. The van der Waals surface area contributed by atoms with Gasteiger partial charge in [0, 0.05) is 6.20 Å². The fraction of sp³-hybridized carbons (Fsp3) is 0.250. The number of hydrogen-bond acceptors (Lipinski definition) is 4. The van der Waals surface area contributed by atoms with Gasteiger partial charge in [-0.1, -0.05) is 6.07 Å². The highest BCUT2D eigenvalue weighted by Crippen LogP contribution is 2.27. The van der Waals surface area contributed by atoms with Gasteiger partial charge in [-0.25, -0.2) is 0 Å². The standard InChI is InChI=1S/C16H17NO3/c1-3-20-15-7-6-13(9-17-10-15)12-4-5-14(11-18)16(8-12)19-2/h4-5,7-11H,3,6H2,1-2H3. The topological polar surface area (TPSA) is 47.9 Å². The van der Waals surface area contributed by atoms with Crippen molar-refractivity contribution in [3.8, 4) is 5.75 Å². The molecular weight excluding hydrogens is 254 g/mol. The minimum Gasteiger partial charge on any atom is -0.496 e. The predicted octanol–water partition coefficient (Wildman–Crippen LogP) is 3.24. The van der Waals surface area contributed by atoms with Crippen LogP contribution in [0.25, 0.3) is 5.57 Å². The van der Waals surface area contributed by atoms with Crippen LogP contribution in [-0.2, 0) is 4.74 Å². The maximum Gasteiger partial charge on any atom is 0.153 e. The van der Waals surface area contributed by atoms with E-state index in [0.717, 1.165) is 29.6 Å². The zero-order valence-corrected chi connectivity index (χ0v) is 11.6. The van der Waals surface area contributed by atoms with Crippen LogP contribution in [-0.4, -0.2) is 26.2 Å². The first kappa shape index (κ1) is 14.1. The molecule has 0 atom stereocenters. The van der Waals surface area contributed by atoms with Crippen LogP contribution in [0.15, 0.2) is 41.2 Å². The van der Waals surface area contributed by atoms with Crippen LogP contribution in [0.3, 0.4) is 0 Å². The van der Waals surface area contributed by atoms with Crippen molar-refractivity contribution in [2.75, 3.05) is 13.7 Å². The number of methoxy groups -OCH3 is 1. The molecule has 0 bridgehead atoms. The van der Waals surface area contributed by atoms with Gasteiger partial charge in [-0.3, -0.25) is 9.79 Å². The molecule has 4 heteroatoms. The third kappa shape index (κ3) is 3.15. The summed E-state index contributed by atoms with van der Waals surface area (Å²) in [5.74, 6) is 1.34. The van der Waals surface area contributed by atoms with Crippen LogP contribution in [0.1, 0.15) is 29.3 Å². The van der Waals surface area contributed by atoms with Crippen molar-refractivity contribution in [1.29, 1.82) is 0 Å². The van der Waals surface area contributed by atoms with Gasteiger partial charge in [-0.05, 0) is 42.7 Å². The molecule has 0 aromatic heterocycles. The Morgan fingerprint density at radius 3 is 2.95 bits per heavy atom. The third-order valence-corrected chi connectivity index (χ3v) is 3.00. The summed E-state index contributed by atoms with van der Waals surface area (Å²) in [6.07, 6.45) is 7.01. The van der Waals surface area contributed by atoms with Crippen molar-refractivity contribution in [2.45, 2.75) is 13.3 Å². The highest BCUT2D eigenvalue weighted by Gasteiger charge is 2.08. The SMILES string of the molecule is CCOC1=CCC(c2ccc(C=O)c(OC)c2)=CN=C1. The van der Waals surface area contributed by atoms with E-state index in [9.17, 15) is 4.79 Å². The minimum atomic E-state index is 0.541. The van der Waals surface area contributed by atoms with Crippen molar-refractivity contribution in [1.82, 2.24) is 0 Å². The van der Waals surface area contributed by atoms with Gasteiger partial charge in [0.25, 0.3) is 0 Å². The molecule has 0 N–H and O–H groups in total. The molecular formula is C16H17NO3. The Labute approximate surface area is 118 Å². The van der Waals surface area contributed by atoms with Crippen molar-refractivity contribution >= 4 is 18.1 Å². The van der Waals surface area contributed by atoms with Crippen LogP contribution in [0.4, 0.5) is 0 Å². The van der Waals surface area contributed by atoms with E-state index in [1.807, 2.05) is 25.1 Å². The molecule has 1 aromatic carbocycles. The fourth-order valence-electron chi connectivity index (χ4n) is 1.98. The fourth-order valence-corrected chi connectivity index (χ4v) is 1.98. The van der Waals surface area contributed by atoms with E-state index in [0.29, 0.717) is 17.9 Å². The summed E-state index contributed by atoms with van der Waals surface area (Å²) in [6, 6.07) is 5.50. The average molecular weight is 271 g/mol. The Kier molecular flexibility index (Phi) is 4.71. The Morgan fingerprint density at radius 2 is 2.25 bits per heavy atom. The zero-order valence-electron chi connectivity index (χ0n) is 11.6. The van der Waals surface area contributed by atoms with Gasteiger partial charge in [-0.2, -0.15) is 0 Å². The first-order valence-electron chi connectivity index (χ1n) is 6.47. The Hall–Kier alpha value is -2.36. The minimum absolute atomic E-state index is 0.541.